The van der Waals surface area contributed by atoms with Gasteiger partial charge in [-0.25, -0.2) is 8.42 Å². The van der Waals surface area contributed by atoms with Gasteiger partial charge < -0.3 is 25.0 Å². The number of nitrogens with zero attached hydrogens (tertiary/aromatic N) is 1. The molecule has 210 valence electrons. The van der Waals surface area contributed by atoms with Crippen LogP contribution in [0.25, 0.3) is 0 Å². The second-order valence-corrected chi connectivity index (χ2v) is 12.2. The smallest absolute Gasteiger partial charge is 0.235 e. The highest BCUT2D eigenvalue weighted by atomic mass is 32.2. The van der Waals surface area contributed by atoms with E-state index in [2.05, 4.69) is 5.32 Å². The number of hydrogen-bond acceptors (Lipinski definition) is 10. The second-order valence-electron chi connectivity index (χ2n) is 10.1. The van der Waals surface area contributed by atoms with Crippen molar-refractivity contribution in [1.82, 2.24) is 0 Å². The zero-order valence-corrected chi connectivity index (χ0v) is 23.4. The van der Waals surface area contributed by atoms with Crippen LogP contribution in [0.2, 0.25) is 0 Å². The Labute approximate surface area is 230 Å². The highest BCUT2D eigenvalue weighted by Crippen LogP contribution is 2.57. The third-order valence-corrected chi connectivity index (χ3v) is 9.49. The van der Waals surface area contributed by atoms with Crippen molar-refractivity contribution in [3.8, 4) is 23.0 Å². The summed E-state index contributed by atoms with van der Waals surface area (Å²) in [6.07, 6.45) is 1.61. The van der Waals surface area contributed by atoms with E-state index < -0.39 is 44.3 Å². The summed E-state index contributed by atoms with van der Waals surface area (Å²) >= 11 is 0. The minimum Gasteiger partial charge on any atom is -0.507 e. The molecule has 1 saturated heterocycles. The Morgan fingerprint density at radius 3 is 2.48 bits per heavy atom. The number of hydrogen-bond donors (Lipinski definition) is 3. The average Bonchev–Trinajstić information content (AvgIpc) is 3.38. The van der Waals surface area contributed by atoms with Crippen LogP contribution >= 0.6 is 0 Å². The number of aromatic hydroxyl groups is 2. The minimum atomic E-state index is -3.50. The van der Waals surface area contributed by atoms with Gasteiger partial charge in [0.15, 0.2) is 17.3 Å². The van der Waals surface area contributed by atoms with Gasteiger partial charge in [0.05, 0.1) is 29.7 Å². The number of allylic oxidation sites excluding steroid dienone is 4. The van der Waals surface area contributed by atoms with E-state index in [1.165, 1.54) is 39.1 Å². The Morgan fingerprint density at radius 1 is 1.18 bits per heavy atom. The number of anilines is 2. The Balaban J connectivity index is 1.60. The first kappa shape index (κ1) is 27.3. The Bertz CT molecular complexity index is 1700. The van der Waals surface area contributed by atoms with E-state index in [-0.39, 0.29) is 45.2 Å². The van der Waals surface area contributed by atoms with Gasteiger partial charge in [-0.05, 0) is 52.3 Å². The molecule has 12 heteroatoms. The highest BCUT2D eigenvalue weighted by Gasteiger charge is 2.56. The molecule has 2 heterocycles. The number of ether oxygens (including phenoxy) is 2. The third-order valence-electron chi connectivity index (χ3n) is 7.64. The van der Waals surface area contributed by atoms with E-state index in [0.717, 1.165) is 6.08 Å². The SMILES string of the molecule is COc1ccc(N/C(C)=C2\C(=O)C=C3Oc4c(C(C)=O)c(O)c(C)c(O)c4[C@@]3(C)C2=O)cc1N1CCCS1(=O)=O. The Kier molecular flexibility index (Phi) is 6.21. The first-order valence-electron chi connectivity index (χ1n) is 12.5. The Morgan fingerprint density at radius 2 is 1.88 bits per heavy atom. The molecule has 3 aliphatic rings. The summed E-state index contributed by atoms with van der Waals surface area (Å²) < 4.78 is 37.5. The van der Waals surface area contributed by atoms with E-state index in [4.69, 9.17) is 9.47 Å². The van der Waals surface area contributed by atoms with Gasteiger partial charge in [-0.3, -0.25) is 18.7 Å². The fourth-order valence-electron chi connectivity index (χ4n) is 5.51. The molecule has 0 amide bonds. The second kappa shape index (κ2) is 9.12. The molecule has 11 nitrogen and oxygen atoms in total. The predicted molar refractivity (Wildman–Crippen MR) is 146 cm³/mol. The fourth-order valence-corrected chi connectivity index (χ4v) is 7.08. The van der Waals surface area contributed by atoms with Crippen molar-refractivity contribution in [2.24, 2.45) is 0 Å². The summed E-state index contributed by atoms with van der Waals surface area (Å²) in [6, 6.07) is 4.78. The summed E-state index contributed by atoms with van der Waals surface area (Å²) in [5.41, 5.74) is -1.13. The maximum absolute atomic E-state index is 14.0. The van der Waals surface area contributed by atoms with Gasteiger partial charge in [0.2, 0.25) is 10.0 Å². The van der Waals surface area contributed by atoms with Crippen molar-refractivity contribution >= 4 is 38.7 Å². The molecule has 40 heavy (non-hydrogen) atoms. The molecule has 1 fully saturated rings. The van der Waals surface area contributed by atoms with Crippen LogP contribution in [0.15, 0.2) is 41.3 Å². The highest BCUT2D eigenvalue weighted by molar-refractivity contribution is 7.93. The maximum atomic E-state index is 14.0. The number of rotatable bonds is 5. The standard InChI is InChI=1S/C28H28N2O9S/c1-13-24(33)22(15(3)31)26-23(25(13)34)28(4)20(39-26)12-18(32)21(27(28)35)14(2)29-16-7-8-19(38-5)17(11-16)30-9-6-10-40(30,36)37/h7-8,11-12,29,33-34H,6,9-10H2,1-5H3/b21-14+/t28-/m0/s1. The molecule has 2 aliphatic heterocycles. The number of carbonyl (C=O) groups is 3. The number of sulfonamides is 1. The lowest BCUT2D eigenvalue weighted by molar-refractivity contribution is -0.123. The average molecular weight is 569 g/mol. The van der Waals surface area contributed by atoms with Crippen molar-refractivity contribution in [1.29, 1.82) is 0 Å². The van der Waals surface area contributed by atoms with Gasteiger partial charge >= 0.3 is 0 Å². The molecule has 3 N–H and O–H groups in total. The van der Waals surface area contributed by atoms with E-state index in [1.54, 1.807) is 18.2 Å². The molecule has 0 bridgehead atoms. The quantitative estimate of drug-likeness (QED) is 0.278. The van der Waals surface area contributed by atoms with Crippen LogP contribution in [0.3, 0.4) is 0 Å². The van der Waals surface area contributed by atoms with Crippen LogP contribution in [0.5, 0.6) is 23.0 Å². The molecule has 1 atom stereocenters. The number of ketones is 3. The lowest BCUT2D eigenvalue weighted by Crippen LogP contribution is -2.40. The van der Waals surface area contributed by atoms with Gasteiger partial charge in [-0.1, -0.05) is 0 Å². The number of fused-ring (bicyclic) bond motifs is 3. The van der Waals surface area contributed by atoms with Crippen molar-refractivity contribution in [2.45, 2.75) is 39.5 Å². The van der Waals surface area contributed by atoms with Gasteiger partial charge in [0, 0.05) is 29.6 Å². The fraction of sp³-hybridized carbons (Fsp3) is 0.321. The molecule has 5 rings (SSSR count). The molecule has 0 spiro atoms. The summed E-state index contributed by atoms with van der Waals surface area (Å²) in [5, 5.41) is 24.5. The van der Waals surface area contributed by atoms with Crippen molar-refractivity contribution in [3.63, 3.8) is 0 Å². The summed E-state index contributed by atoms with van der Waals surface area (Å²) in [7, 11) is -2.07. The maximum Gasteiger partial charge on any atom is 0.235 e. The van der Waals surface area contributed by atoms with Gasteiger partial charge in [0.1, 0.15) is 39.7 Å². The molecule has 2 aromatic carbocycles. The normalized spacial score (nSPS) is 22.3. The summed E-state index contributed by atoms with van der Waals surface area (Å²) in [5.74, 6) is -2.61. The van der Waals surface area contributed by atoms with Crippen LogP contribution in [-0.4, -0.2) is 55.4 Å². The molecule has 0 radical (unpaired) electrons. The van der Waals surface area contributed by atoms with Crippen LogP contribution in [0.1, 0.15) is 48.7 Å². The Hall–Kier alpha value is -4.32. The summed E-state index contributed by atoms with van der Waals surface area (Å²) in [6.45, 7) is 5.94. The van der Waals surface area contributed by atoms with Crippen LogP contribution < -0.4 is 19.1 Å². The van der Waals surface area contributed by atoms with E-state index in [1.807, 2.05) is 0 Å². The van der Waals surface area contributed by atoms with Crippen molar-refractivity contribution < 1.29 is 42.5 Å². The van der Waals surface area contributed by atoms with Crippen molar-refractivity contribution in [2.75, 3.05) is 29.0 Å². The number of nitrogens with one attached hydrogen (secondary N) is 1. The molecule has 1 aliphatic carbocycles. The molecular formula is C28H28N2O9S. The van der Waals surface area contributed by atoms with E-state index >= 15 is 0 Å². The monoisotopic (exact) mass is 568 g/mol. The van der Waals surface area contributed by atoms with E-state index in [9.17, 15) is 33.0 Å². The molecule has 2 aromatic rings. The number of Topliss-reactive ketones (excluding diaryl/α,β-unsaturated/α-hetero) is 2. The number of phenols is 2. The first-order chi connectivity index (χ1) is 18.7. The number of benzene rings is 2. The zero-order valence-electron chi connectivity index (χ0n) is 22.5. The summed E-state index contributed by atoms with van der Waals surface area (Å²) in [4.78, 5) is 39.6. The number of phenolic OH excluding ortho intramolecular Hbond substituents is 2. The minimum absolute atomic E-state index is 0.00253. The third kappa shape index (κ3) is 3.77. The van der Waals surface area contributed by atoms with Gasteiger partial charge in [-0.15, -0.1) is 0 Å². The van der Waals surface area contributed by atoms with E-state index in [0.29, 0.717) is 30.1 Å². The lowest BCUT2D eigenvalue weighted by Gasteiger charge is -2.29. The number of carbonyl (C=O) groups excluding carboxylic acids is 3. The van der Waals surface area contributed by atoms with Gasteiger partial charge in [-0.2, -0.15) is 0 Å². The topological polar surface area (TPSA) is 160 Å². The van der Waals surface area contributed by atoms with Gasteiger partial charge in [0.25, 0.3) is 0 Å². The zero-order chi connectivity index (χ0) is 29.3. The number of methoxy groups -OCH3 is 1. The largest absolute Gasteiger partial charge is 0.507 e. The molecule has 0 saturated carbocycles. The van der Waals surface area contributed by atoms with Crippen LogP contribution in [-0.2, 0) is 25.0 Å². The molecule has 0 unspecified atom stereocenters. The predicted octanol–water partition coefficient (Wildman–Crippen LogP) is 3.23. The van der Waals surface area contributed by atoms with Crippen LogP contribution in [0.4, 0.5) is 11.4 Å². The lowest BCUT2D eigenvalue weighted by atomic mass is 9.70. The molecular weight excluding hydrogens is 540 g/mol. The first-order valence-corrected chi connectivity index (χ1v) is 14.1. The molecule has 0 aromatic heterocycles. The van der Waals surface area contributed by atoms with Crippen LogP contribution in [0, 0.1) is 6.92 Å². The van der Waals surface area contributed by atoms with Crippen molar-refractivity contribution in [3.05, 3.63) is 58.0 Å².